The highest BCUT2D eigenvalue weighted by Crippen LogP contribution is 2.25. The summed E-state index contributed by atoms with van der Waals surface area (Å²) in [6.07, 6.45) is 7.54. The summed E-state index contributed by atoms with van der Waals surface area (Å²) in [5.41, 5.74) is 2.24. The average molecular weight is 462 g/mol. The van der Waals surface area contributed by atoms with E-state index in [4.69, 9.17) is 5.26 Å². The van der Waals surface area contributed by atoms with E-state index in [1.165, 1.54) is 19.3 Å². The number of nitrogens with zero attached hydrogens (tertiary/aromatic N) is 7. The number of rotatable bonds is 9. The number of carbonyl (C=O) groups is 1. The fraction of sp³-hybridized carbons (Fsp3) is 0.538. The summed E-state index contributed by atoms with van der Waals surface area (Å²) in [4.78, 5) is 30.8. The Morgan fingerprint density at radius 3 is 2.56 bits per heavy atom. The van der Waals surface area contributed by atoms with E-state index in [-0.39, 0.29) is 5.91 Å². The van der Waals surface area contributed by atoms with E-state index in [1.54, 1.807) is 18.5 Å². The van der Waals surface area contributed by atoms with Crippen LogP contribution < -0.4 is 4.90 Å². The van der Waals surface area contributed by atoms with Crippen molar-refractivity contribution < 1.29 is 4.79 Å². The van der Waals surface area contributed by atoms with Gasteiger partial charge in [-0.25, -0.2) is 4.98 Å². The summed E-state index contributed by atoms with van der Waals surface area (Å²) in [6.45, 7) is 8.62. The second-order valence-corrected chi connectivity index (χ2v) is 9.27. The van der Waals surface area contributed by atoms with Crippen molar-refractivity contribution in [1.29, 1.82) is 5.26 Å². The smallest absolute Gasteiger partial charge is 0.236 e. The fourth-order valence-electron chi connectivity index (χ4n) is 4.61. The quantitative estimate of drug-likeness (QED) is 0.568. The zero-order chi connectivity index (χ0) is 23.9. The highest BCUT2D eigenvalue weighted by atomic mass is 16.2. The molecule has 180 valence electrons. The molecule has 0 atom stereocenters. The molecule has 1 aromatic carbocycles. The van der Waals surface area contributed by atoms with Gasteiger partial charge in [-0.05, 0) is 38.9 Å². The molecule has 2 heterocycles. The van der Waals surface area contributed by atoms with Gasteiger partial charge in [0.2, 0.25) is 5.91 Å². The van der Waals surface area contributed by atoms with Crippen molar-refractivity contribution in [3.05, 3.63) is 42.2 Å². The van der Waals surface area contributed by atoms with Gasteiger partial charge in [0.15, 0.2) is 0 Å². The number of aromatic nitrogens is 2. The van der Waals surface area contributed by atoms with Gasteiger partial charge in [-0.1, -0.05) is 18.6 Å². The molecule has 8 heteroatoms. The molecule has 4 rings (SSSR count). The summed E-state index contributed by atoms with van der Waals surface area (Å²) in [7, 11) is 2.01. The number of amides is 1. The Kier molecular flexibility index (Phi) is 8.09. The molecule has 1 saturated carbocycles. The minimum atomic E-state index is 0.225. The Hall–Kier alpha value is -3.02. The third kappa shape index (κ3) is 5.91. The van der Waals surface area contributed by atoms with Gasteiger partial charge in [-0.3, -0.25) is 19.6 Å². The van der Waals surface area contributed by atoms with Gasteiger partial charge in [0.1, 0.15) is 5.82 Å². The number of hydrogen-bond acceptors (Lipinski definition) is 7. The summed E-state index contributed by atoms with van der Waals surface area (Å²) in [6, 6.07) is 10.3. The third-order valence-electron chi connectivity index (χ3n) is 7.05. The van der Waals surface area contributed by atoms with E-state index in [0.717, 1.165) is 68.9 Å². The van der Waals surface area contributed by atoms with Crippen LogP contribution in [0.1, 0.15) is 31.7 Å². The van der Waals surface area contributed by atoms with Crippen molar-refractivity contribution in [2.24, 2.45) is 0 Å². The van der Waals surface area contributed by atoms with Crippen molar-refractivity contribution in [3.63, 3.8) is 0 Å². The molecule has 2 aliphatic rings. The van der Waals surface area contributed by atoms with Crippen molar-refractivity contribution in [1.82, 2.24) is 24.7 Å². The van der Waals surface area contributed by atoms with Crippen LogP contribution in [0.15, 0.2) is 36.7 Å². The van der Waals surface area contributed by atoms with Gasteiger partial charge in [0, 0.05) is 57.4 Å². The Bertz CT molecular complexity index is 991. The highest BCUT2D eigenvalue weighted by Gasteiger charge is 2.29. The molecular formula is C26H35N7O. The van der Waals surface area contributed by atoms with Crippen molar-refractivity contribution in [3.8, 4) is 17.3 Å². The van der Waals surface area contributed by atoms with Gasteiger partial charge in [0.25, 0.3) is 0 Å². The second-order valence-electron chi connectivity index (χ2n) is 9.27. The lowest BCUT2D eigenvalue weighted by Gasteiger charge is -2.43. The molecular weight excluding hydrogens is 426 g/mol. The first-order chi connectivity index (χ1) is 16.6. The van der Waals surface area contributed by atoms with Crippen LogP contribution in [-0.2, 0) is 4.79 Å². The Balaban J connectivity index is 1.24. The van der Waals surface area contributed by atoms with Crippen LogP contribution in [0.25, 0.3) is 11.3 Å². The van der Waals surface area contributed by atoms with E-state index in [0.29, 0.717) is 12.1 Å². The number of carbonyl (C=O) groups excluding carboxylic acids is 1. The number of anilines is 1. The minimum absolute atomic E-state index is 0.225. The lowest BCUT2D eigenvalue weighted by Crippen LogP contribution is -2.55. The van der Waals surface area contributed by atoms with E-state index in [2.05, 4.69) is 37.7 Å². The molecule has 0 bridgehead atoms. The predicted molar refractivity (Wildman–Crippen MR) is 133 cm³/mol. The maximum absolute atomic E-state index is 12.8. The highest BCUT2D eigenvalue weighted by molar-refractivity contribution is 5.78. The zero-order valence-corrected chi connectivity index (χ0v) is 20.4. The molecule has 1 amide bonds. The number of nitriles is 1. The molecule has 2 fully saturated rings. The van der Waals surface area contributed by atoms with E-state index < -0.39 is 0 Å². The van der Waals surface area contributed by atoms with Crippen LogP contribution in [0.2, 0.25) is 0 Å². The molecule has 1 aliphatic carbocycles. The number of piperazine rings is 1. The van der Waals surface area contributed by atoms with Crippen molar-refractivity contribution in [2.75, 3.05) is 64.3 Å². The molecule has 0 N–H and O–H groups in total. The number of benzene rings is 1. The van der Waals surface area contributed by atoms with Crippen LogP contribution in [0.5, 0.6) is 0 Å². The molecule has 1 saturated heterocycles. The average Bonchev–Trinajstić information content (AvgIpc) is 2.84. The first kappa shape index (κ1) is 24.1. The molecule has 1 aromatic heterocycles. The van der Waals surface area contributed by atoms with Gasteiger partial charge in [0.05, 0.1) is 36.3 Å². The molecule has 0 unspecified atom stereocenters. The van der Waals surface area contributed by atoms with Crippen LogP contribution in [0, 0.1) is 11.3 Å². The lowest BCUT2D eigenvalue weighted by atomic mass is 9.91. The first-order valence-electron chi connectivity index (χ1n) is 12.3. The van der Waals surface area contributed by atoms with Crippen LogP contribution in [0.3, 0.4) is 0 Å². The van der Waals surface area contributed by atoms with Gasteiger partial charge < -0.3 is 9.80 Å². The second kappa shape index (κ2) is 11.4. The third-order valence-corrected chi connectivity index (χ3v) is 7.05. The normalized spacial score (nSPS) is 16.8. The van der Waals surface area contributed by atoms with Crippen LogP contribution >= 0.6 is 0 Å². The van der Waals surface area contributed by atoms with Crippen LogP contribution in [-0.4, -0.2) is 96.0 Å². The maximum Gasteiger partial charge on any atom is 0.236 e. The zero-order valence-electron chi connectivity index (χ0n) is 20.4. The molecule has 1 aliphatic heterocycles. The summed E-state index contributed by atoms with van der Waals surface area (Å²) in [5, 5.41) is 9.11. The van der Waals surface area contributed by atoms with Gasteiger partial charge in [-0.15, -0.1) is 0 Å². The maximum atomic E-state index is 12.8. The number of hydrogen-bond donors (Lipinski definition) is 0. The fourth-order valence-corrected chi connectivity index (χ4v) is 4.61. The Morgan fingerprint density at radius 1 is 1.15 bits per heavy atom. The SMILES string of the molecule is CCN(CCN(C)CC(=O)N1CCN(C2CCC2)CC1)c1cnc(-c2cccc(C#N)c2)cn1. The molecule has 34 heavy (non-hydrogen) atoms. The first-order valence-corrected chi connectivity index (χ1v) is 12.3. The summed E-state index contributed by atoms with van der Waals surface area (Å²) in [5.74, 6) is 1.04. The summed E-state index contributed by atoms with van der Waals surface area (Å²) < 4.78 is 0. The molecule has 0 spiro atoms. The van der Waals surface area contributed by atoms with E-state index in [9.17, 15) is 4.79 Å². The lowest BCUT2D eigenvalue weighted by molar-refractivity contribution is -0.134. The standard InChI is InChI=1S/C26H35N7O/c1-3-31(25-19-28-24(18-29-25)22-7-4-6-21(16-22)17-27)11-10-30(2)20-26(34)33-14-12-32(13-15-33)23-8-5-9-23/h4,6-7,16,18-19,23H,3,5,8-15,20H2,1-2H3. The molecule has 0 radical (unpaired) electrons. The number of likely N-dealkylation sites (N-methyl/N-ethyl adjacent to an activating group) is 2. The van der Waals surface area contributed by atoms with Crippen LogP contribution in [0.4, 0.5) is 5.82 Å². The Morgan fingerprint density at radius 2 is 1.94 bits per heavy atom. The monoisotopic (exact) mass is 461 g/mol. The minimum Gasteiger partial charge on any atom is -0.354 e. The van der Waals surface area contributed by atoms with Crippen molar-refractivity contribution in [2.45, 2.75) is 32.2 Å². The van der Waals surface area contributed by atoms with Gasteiger partial charge >= 0.3 is 0 Å². The molecule has 2 aromatic rings. The topological polar surface area (TPSA) is 79.6 Å². The van der Waals surface area contributed by atoms with E-state index in [1.807, 2.05) is 30.1 Å². The van der Waals surface area contributed by atoms with Gasteiger partial charge in [-0.2, -0.15) is 5.26 Å². The van der Waals surface area contributed by atoms with E-state index >= 15 is 0 Å². The summed E-state index contributed by atoms with van der Waals surface area (Å²) >= 11 is 0. The molecule has 8 nitrogen and oxygen atoms in total. The Labute approximate surface area is 202 Å². The predicted octanol–water partition coefficient (Wildman–Crippen LogP) is 2.47. The largest absolute Gasteiger partial charge is 0.354 e. The van der Waals surface area contributed by atoms with Crippen molar-refractivity contribution >= 4 is 11.7 Å².